The molecule has 0 fully saturated rings. The van der Waals surface area contributed by atoms with Crippen LogP contribution in [0.5, 0.6) is 0 Å². The molecule has 0 amide bonds. The number of hydrogen-bond acceptors (Lipinski definition) is 11. The fourth-order valence-corrected chi connectivity index (χ4v) is 3.54. The number of ether oxygens (including phenoxy) is 5. The van der Waals surface area contributed by atoms with Crippen molar-refractivity contribution in [1.29, 1.82) is 0 Å². The molecule has 0 saturated heterocycles. The van der Waals surface area contributed by atoms with Crippen LogP contribution in [-0.4, -0.2) is 100 Å². The van der Waals surface area contributed by atoms with E-state index in [4.69, 9.17) is 24.1 Å². The number of hydrogen-bond donors (Lipinski definition) is 1. The van der Waals surface area contributed by atoms with Crippen LogP contribution in [0.4, 0.5) is 0 Å². The van der Waals surface area contributed by atoms with E-state index in [-0.39, 0.29) is 5.97 Å². The van der Waals surface area contributed by atoms with E-state index in [1.165, 1.54) is 14.0 Å². The topological polar surface area (TPSA) is 101 Å². The second-order valence-electron chi connectivity index (χ2n) is 5.09. The van der Waals surface area contributed by atoms with Gasteiger partial charge in [-0.3, -0.25) is 0 Å². The van der Waals surface area contributed by atoms with Crippen LogP contribution in [0.25, 0.3) is 0 Å². The van der Waals surface area contributed by atoms with Gasteiger partial charge in [0, 0.05) is 11.5 Å². The number of carboxylic acid groups (broad SMARTS) is 1. The molecule has 0 aromatic carbocycles. The Balaban J connectivity index is 0. The summed E-state index contributed by atoms with van der Waals surface area (Å²) in [4.78, 5) is 21.3. The van der Waals surface area contributed by atoms with Gasteiger partial charge in [0.05, 0.1) is 46.8 Å². The van der Waals surface area contributed by atoms with E-state index >= 15 is 0 Å². The Kier molecular flexibility index (Phi) is 26.4. The van der Waals surface area contributed by atoms with E-state index in [2.05, 4.69) is 4.74 Å². The van der Waals surface area contributed by atoms with Crippen molar-refractivity contribution in [3.63, 3.8) is 0 Å². The summed E-state index contributed by atoms with van der Waals surface area (Å²) in [5, 5.41) is 8.48. The zero-order valence-corrected chi connectivity index (χ0v) is 21.0. The molecule has 0 bridgehead atoms. The number of rotatable bonds is 18. The molecule has 174 valence electrons. The third-order valence-corrected chi connectivity index (χ3v) is 6.48. The van der Waals surface area contributed by atoms with Crippen molar-refractivity contribution < 1.29 is 38.4 Å². The van der Waals surface area contributed by atoms with Gasteiger partial charge in [-0.1, -0.05) is 43.2 Å². The highest BCUT2D eigenvalue weighted by Crippen LogP contribution is 2.15. The van der Waals surface area contributed by atoms with Crippen LogP contribution in [0.1, 0.15) is 13.8 Å². The Hall–Kier alpha value is 0.180. The minimum Gasteiger partial charge on any atom is -0.479 e. The van der Waals surface area contributed by atoms with Crippen LogP contribution >= 0.6 is 43.2 Å². The molecule has 0 aliphatic carbocycles. The van der Waals surface area contributed by atoms with Gasteiger partial charge in [0.15, 0.2) is 12.2 Å². The molecular formula is C17H34O8S4. The molecule has 0 aliphatic heterocycles. The summed E-state index contributed by atoms with van der Waals surface area (Å²) in [6.07, 6.45) is 2.78. The van der Waals surface area contributed by atoms with Crippen LogP contribution < -0.4 is 0 Å². The summed E-state index contributed by atoms with van der Waals surface area (Å²) in [5.74, 6) is 0.611. The fraction of sp³-hybridized carbons (Fsp3) is 0.882. The molecule has 0 saturated carbocycles. The molecule has 0 radical (unpaired) electrons. The van der Waals surface area contributed by atoms with Crippen LogP contribution in [0, 0.1) is 0 Å². The number of carboxylic acids is 1. The Morgan fingerprint density at radius 3 is 1.62 bits per heavy atom. The number of carbonyl (C=O) groups excluding carboxylic acids is 1. The first-order chi connectivity index (χ1) is 13.9. The molecule has 2 atom stereocenters. The van der Waals surface area contributed by atoms with Crippen molar-refractivity contribution in [2.24, 2.45) is 0 Å². The second-order valence-corrected chi connectivity index (χ2v) is 10.5. The monoisotopic (exact) mass is 494 g/mol. The van der Waals surface area contributed by atoms with Gasteiger partial charge < -0.3 is 28.8 Å². The lowest BCUT2D eigenvalue weighted by Gasteiger charge is -2.10. The number of methoxy groups -OCH3 is 1. The molecule has 12 heteroatoms. The van der Waals surface area contributed by atoms with Gasteiger partial charge in [-0.25, -0.2) is 9.59 Å². The first kappa shape index (κ1) is 31.4. The van der Waals surface area contributed by atoms with E-state index in [1.807, 2.05) is 12.5 Å². The molecule has 0 aromatic heterocycles. The van der Waals surface area contributed by atoms with E-state index in [0.29, 0.717) is 39.6 Å². The molecule has 8 nitrogen and oxygen atoms in total. The van der Waals surface area contributed by atoms with Crippen molar-refractivity contribution in [1.82, 2.24) is 0 Å². The smallest absolute Gasteiger partial charge is 0.334 e. The predicted octanol–water partition coefficient (Wildman–Crippen LogP) is 3.10. The average Bonchev–Trinajstić information content (AvgIpc) is 2.71. The summed E-state index contributed by atoms with van der Waals surface area (Å²) >= 11 is 0. The summed E-state index contributed by atoms with van der Waals surface area (Å²) in [6, 6.07) is 0. The summed E-state index contributed by atoms with van der Waals surface area (Å²) in [7, 11) is 8.26. The molecule has 0 aliphatic rings. The van der Waals surface area contributed by atoms with E-state index in [0.717, 1.165) is 11.5 Å². The minimum absolute atomic E-state index is 0.331. The molecule has 0 spiro atoms. The number of esters is 1. The molecule has 0 aromatic rings. The third-order valence-electron chi connectivity index (χ3n) is 2.93. The van der Waals surface area contributed by atoms with Crippen molar-refractivity contribution in [2.45, 2.75) is 26.1 Å². The number of aliphatic carboxylic acids is 1. The highest BCUT2D eigenvalue weighted by Gasteiger charge is 2.12. The Bertz CT molecular complexity index is 390. The predicted molar refractivity (Wildman–Crippen MR) is 124 cm³/mol. The zero-order valence-electron chi connectivity index (χ0n) is 17.7. The normalized spacial score (nSPS) is 12.6. The minimum atomic E-state index is -0.942. The molecule has 29 heavy (non-hydrogen) atoms. The van der Waals surface area contributed by atoms with E-state index in [1.54, 1.807) is 50.1 Å². The lowest BCUT2D eigenvalue weighted by molar-refractivity contribution is -0.153. The van der Waals surface area contributed by atoms with Crippen molar-refractivity contribution in [3.8, 4) is 0 Å². The van der Waals surface area contributed by atoms with Crippen molar-refractivity contribution in [3.05, 3.63) is 0 Å². The van der Waals surface area contributed by atoms with Crippen LogP contribution in [0.2, 0.25) is 0 Å². The van der Waals surface area contributed by atoms with Crippen LogP contribution in [0.15, 0.2) is 0 Å². The highest BCUT2D eigenvalue weighted by molar-refractivity contribution is 8.76. The first-order valence-corrected chi connectivity index (χ1v) is 14.4. The standard InChI is InChI=1S/C9H18O4S2.C8H16O4S2/c1-8(9(10)11-2)13-5-4-12-6-7-15-14-3;1-7(8(9)10)12-4-3-11-5-6-14-13-2/h8H,4-7H2,1-3H3;7H,3-6H2,1-2H3,(H,9,10)/t8-;7-/m00/s1. The maximum absolute atomic E-state index is 10.9. The van der Waals surface area contributed by atoms with Gasteiger partial charge in [-0.15, -0.1) is 0 Å². The maximum Gasteiger partial charge on any atom is 0.334 e. The Labute approximate surface area is 190 Å². The van der Waals surface area contributed by atoms with Gasteiger partial charge in [-0.2, -0.15) is 0 Å². The maximum atomic E-state index is 10.9. The largest absolute Gasteiger partial charge is 0.479 e. The summed E-state index contributed by atoms with van der Waals surface area (Å²) in [5.41, 5.74) is 0. The van der Waals surface area contributed by atoms with Crippen LogP contribution in [0.3, 0.4) is 0 Å². The van der Waals surface area contributed by atoms with Crippen molar-refractivity contribution in [2.75, 3.05) is 70.8 Å². The van der Waals surface area contributed by atoms with E-state index in [9.17, 15) is 9.59 Å². The lowest BCUT2D eigenvalue weighted by atomic mass is 10.4. The number of carbonyl (C=O) groups is 2. The van der Waals surface area contributed by atoms with Crippen LogP contribution in [-0.2, 0) is 33.3 Å². The Morgan fingerprint density at radius 2 is 1.24 bits per heavy atom. The van der Waals surface area contributed by atoms with Gasteiger partial charge in [0.2, 0.25) is 0 Å². The van der Waals surface area contributed by atoms with Gasteiger partial charge in [0.1, 0.15) is 0 Å². The fourth-order valence-electron chi connectivity index (χ4n) is 1.43. The summed E-state index contributed by atoms with van der Waals surface area (Å²) < 4.78 is 25.2. The zero-order chi connectivity index (χ0) is 22.3. The first-order valence-electron chi connectivity index (χ1n) is 8.91. The summed E-state index contributed by atoms with van der Waals surface area (Å²) in [6.45, 7) is 6.26. The molecule has 1 N–H and O–H groups in total. The molecular weight excluding hydrogens is 460 g/mol. The lowest BCUT2D eigenvalue weighted by Crippen LogP contribution is -2.23. The molecule has 0 unspecified atom stereocenters. The van der Waals surface area contributed by atoms with Gasteiger partial charge >= 0.3 is 11.9 Å². The molecule has 0 heterocycles. The van der Waals surface area contributed by atoms with Gasteiger partial charge in [-0.05, 0) is 26.4 Å². The molecule has 0 rings (SSSR count). The Morgan fingerprint density at radius 1 is 0.793 bits per heavy atom. The highest BCUT2D eigenvalue weighted by atomic mass is 33.1. The second kappa shape index (κ2) is 24.4. The third kappa shape index (κ3) is 24.3. The quantitative estimate of drug-likeness (QED) is 0.172. The van der Waals surface area contributed by atoms with E-state index < -0.39 is 18.2 Å². The average molecular weight is 495 g/mol. The SMILES string of the molecule is COC(=O)[C@H](C)OCCOCCSSC.CSSCCOCCO[C@@H](C)C(=O)O. The van der Waals surface area contributed by atoms with Gasteiger partial charge in [0.25, 0.3) is 0 Å². The van der Waals surface area contributed by atoms with Crippen molar-refractivity contribution >= 4 is 55.1 Å².